The number of carboxylic acid groups (broad SMARTS) is 1. The minimum Gasteiger partial charge on any atom is -0.475 e. The van der Waals surface area contributed by atoms with Gasteiger partial charge in [-0.05, 0) is 40.7 Å². The maximum Gasteiger partial charge on any atom is 0.490 e. The molecule has 0 aromatic carbocycles. The van der Waals surface area contributed by atoms with Crippen LogP contribution >= 0.6 is 39.0 Å². The number of aromatic nitrogens is 3. The van der Waals surface area contributed by atoms with Gasteiger partial charge in [0.1, 0.15) is 11.7 Å². The molecular formula is C19H20BrF3N6O4S3. The number of amidine groups is 1. The van der Waals surface area contributed by atoms with Crippen LogP contribution in [-0.2, 0) is 21.2 Å². The highest BCUT2D eigenvalue weighted by atomic mass is 79.9. The van der Waals surface area contributed by atoms with E-state index >= 15 is 0 Å². The van der Waals surface area contributed by atoms with Gasteiger partial charge in [0.25, 0.3) is 0 Å². The molecule has 0 aliphatic carbocycles. The summed E-state index contributed by atoms with van der Waals surface area (Å²) in [5.74, 6) is -2.33. The van der Waals surface area contributed by atoms with Crippen LogP contribution in [0, 0.1) is 5.41 Å². The Balaban J connectivity index is 0.000000572. The van der Waals surface area contributed by atoms with Crippen LogP contribution in [0.25, 0.3) is 0 Å². The van der Waals surface area contributed by atoms with E-state index in [2.05, 4.69) is 31.2 Å². The lowest BCUT2D eigenvalue weighted by atomic mass is 10.4. The number of hydrogen-bond donors (Lipinski definition) is 4. The van der Waals surface area contributed by atoms with Crippen LogP contribution in [0.2, 0.25) is 0 Å². The number of nitrogens with two attached hydrogens (primary N) is 1. The Hall–Kier alpha value is -2.63. The zero-order valence-corrected chi connectivity index (χ0v) is 22.4. The van der Waals surface area contributed by atoms with Gasteiger partial charge in [-0.1, -0.05) is 0 Å². The second kappa shape index (κ2) is 12.6. The van der Waals surface area contributed by atoms with E-state index in [0.717, 1.165) is 13.0 Å². The number of halogens is 4. The van der Waals surface area contributed by atoms with E-state index in [9.17, 15) is 21.6 Å². The summed E-state index contributed by atoms with van der Waals surface area (Å²) in [7, 11) is -3.78. The molecule has 3 aromatic heterocycles. The first-order valence-electron chi connectivity index (χ1n) is 9.70. The number of anilines is 1. The van der Waals surface area contributed by atoms with Crippen LogP contribution in [-0.4, -0.2) is 58.8 Å². The van der Waals surface area contributed by atoms with E-state index in [1.165, 1.54) is 41.4 Å². The maximum atomic E-state index is 13.1. The van der Waals surface area contributed by atoms with Crippen molar-refractivity contribution in [1.82, 2.24) is 14.5 Å². The van der Waals surface area contributed by atoms with Gasteiger partial charge in [0.05, 0.1) is 29.7 Å². The minimum atomic E-state index is -5.08. The molecule has 0 unspecified atom stereocenters. The van der Waals surface area contributed by atoms with Crippen molar-refractivity contribution in [2.45, 2.75) is 33.1 Å². The number of rotatable bonds is 9. The lowest BCUT2D eigenvalue weighted by Gasteiger charge is -2.10. The first-order chi connectivity index (χ1) is 16.8. The largest absolute Gasteiger partial charge is 0.490 e. The SMILES string of the molecule is CSc1sc(C(=N)N)cc1S(=O)(=O)c1cnc(NCCCn2ccnc2)c(Br)c1.O=C(O)C(F)(F)F. The number of alkyl halides is 3. The molecule has 0 atom stereocenters. The van der Waals surface area contributed by atoms with E-state index in [-0.39, 0.29) is 15.6 Å². The predicted octanol–water partition coefficient (Wildman–Crippen LogP) is 4.08. The molecule has 0 bridgehead atoms. The number of thioether (sulfide) groups is 1. The first-order valence-corrected chi connectivity index (χ1v) is 14.0. The van der Waals surface area contributed by atoms with Gasteiger partial charge in [-0.15, -0.1) is 23.1 Å². The summed E-state index contributed by atoms with van der Waals surface area (Å²) in [6, 6.07) is 2.99. The molecule has 0 radical (unpaired) electrons. The Kier molecular flexibility index (Phi) is 10.3. The topological polar surface area (TPSA) is 164 Å². The molecule has 10 nitrogen and oxygen atoms in total. The molecule has 0 fully saturated rings. The molecule has 0 saturated heterocycles. The van der Waals surface area contributed by atoms with Crippen molar-refractivity contribution in [3.8, 4) is 0 Å². The van der Waals surface area contributed by atoms with Gasteiger partial charge in [-0.25, -0.2) is 23.2 Å². The third-order valence-electron chi connectivity index (χ3n) is 4.22. The zero-order valence-electron chi connectivity index (χ0n) is 18.4. The van der Waals surface area contributed by atoms with Gasteiger partial charge in [-0.3, -0.25) is 5.41 Å². The first kappa shape index (κ1) is 29.6. The van der Waals surface area contributed by atoms with Crippen molar-refractivity contribution in [1.29, 1.82) is 5.41 Å². The fourth-order valence-electron chi connectivity index (χ4n) is 2.53. The quantitative estimate of drug-likeness (QED) is 0.118. The maximum absolute atomic E-state index is 13.1. The Morgan fingerprint density at radius 2 is 2.06 bits per heavy atom. The summed E-state index contributed by atoms with van der Waals surface area (Å²) in [6.07, 6.45) is 4.31. The average molecular weight is 630 g/mol. The van der Waals surface area contributed by atoms with E-state index in [0.29, 0.717) is 25.9 Å². The lowest BCUT2D eigenvalue weighted by Crippen LogP contribution is -2.21. The van der Waals surface area contributed by atoms with Gasteiger partial charge >= 0.3 is 12.1 Å². The Morgan fingerprint density at radius 3 is 2.56 bits per heavy atom. The van der Waals surface area contributed by atoms with Gasteiger partial charge in [-0.2, -0.15) is 13.2 Å². The number of pyridine rings is 1. The van der Waals surface area contributed by atoms with Crippen molar-refractivity contribution in [2.24, 2.45) is 5.73 Å². The standard InChI is InChI=1S/C17H19BrN6O2S3.C2HF3O2/c1-27-17-14(8-13(28-17)15(19)20)29(25,26)11-7-12(18)16(23-9-11)22-3-2-5-24-6-4-21-10-24;3-2(4,5)1(6)7/h4,6-10H,2-3,5H2,1H3,(H3,19,20)(H,22,23);(H,6,7). The molecular weight excluding hydrogens is 609 g/mol. The Morgan fingerprint density at radius 1 is 1.39 bits per heavy atom. The molecule has 3 aromatic rings. The highest BCUT2D eigenvalue weighted by Gasteiger charge is 2.38. The van der Waals surface area contributed by atoms with E-state index in [4.69, 9.17) is 21.0 Å². The molecule has 36 heavy (non-hydrogen) atoms. The molecule has 17 heteroatoms. The molecule has 5 N–H and O–H groups in total. The van der Waals surface area contributed by atoms with Crippen LogP contribution in [0.1, 0.15) is 11.3 Å². The number of aliphatic carboxylic acids is 1. The number of carboxylic acids is 1. The van der Waals surface area contributed by atoms with Crippen molar-refractivity contribution in [3.63, 3.8) is 0 Å². The van der Waals surface area contributed by atoms with Gasteiger partial charge in [0, 0.05) is 31.7 Å². The number of imidazole rings is 1. The number of nitrogen functional groups attached to an aromatic ring is 1. The third-order valence-corrected chi connectivity index (χ3v) is 9.13. The second-order valence-corrected chi connectivity index (χ2v) is 11.7. The van der Waals surface area contributed by atoms with Crippen LogP contribution in [0.4, 0.5) is 19.0 Å². The predicted molar refractivity (Wildman–Crippen MR) is 134 cm³/mol. The third kappa shape index (κ3) is 7.94. The van der Waals surface area contributed by atoms with Crippen LogP contribution in [0.3, 0.4) is 0 Å². The summed E-state index contributed by atoms with van der Waals surface area (Å²) < 4.78 is 61.1. The smallest absolute Gasteiger partial charge is 0.475 e. The molecule has 196 valence electrons. The normalized spacial score (nSPS) is 11.5. The number of nitrogens with zero attached hydrogens (tertiary/aromatic N) is 3. The van der Waals surface area contributed by atoms with Crippen molar-refractivity contribution in [2.75, 3.05) is 18.1 Å². The molecule has 0 amide bonds. The number of carbonyl (C=O) groups is 1. The van der Waals surface area contributed by atoms with Crippen LogP contribution in [0.5, 0.6) is 0 Å². The van der Waals surface area contributed by atoms with E-state index < -0.39 is 22.0 Å². The number of sulfone groups is 1. The highest BCUT2D eigenvalue weighted by molar-refractivity contribution is 9.10. The molecule has 0 saturated carbocycles. The Bertz CT molecular complexity index is 1310. The summed E-state index contributed by atoms with van der Waals surface area (Å²) in [6.45, 7) is 1.50. The number of aryl methyl sites for hydroxylation is 1. The monoisotopic (exact) mass is 628 g/mol. The second-order valence-electron chi connectivity index (χ2n) is 6.77. The van der Waals surface area contributed by atoms with Crippen LogP contribution in [0.15, 0.2) is 55.5 Å². The average Bonchev–Trinajstić information content (AvgIpc) is 3.47. The summed E-state index contributed by atoms with van der Waals surface area (Å²) in [4.78, 5) is 17.8. The van der Waals surface area contributed by atoms with E-state index in [1.54, 1.807) is 18.8 Å². The van der Waals surface area contributed by atoms with E-state index in [1.807, 2.05) is 10.8 Å². The molecule has 0 spiro atoms. The summed E-state index contributed by atoms with van der Waals surface area (Å²) in [5, 5.41) is 17.9. The minimum absolute atomic E-state index is 0.0801. The lowest BCUT2D eigenvalue weighted by molar-refractivity contribution is -0.192. The Labute approximate surface area is 220 Å². The molecule has 3 rings (SSSR count). The van der Waals surface area contributed by atoms with Crippen molar-refractivity contribution in [3.05, 3.63) is 46.4 Å². The molecule has 3 heterocycles. The van der Waals surface area contributed by atoms with Gasteiger partial charge in [0.2, 0.25) is 9.84 Å². The number of nitrogens with one attached hydrogen (secondary N) is 2. The highest BCUT2D eigenvalue weighted by Crippen LogP contribution is 2.37. The fraction of sp³-hybridized carbons (Fsp3) is 0.263. The summed E-state index contributed by atoms with van der Waals surface area (Å²) >= 11 is 5.91. The fourth-order valence-corrected chi connectivity index (χ4v) is 7.00. The number of hydrogen-bond acceptors (Lipinski definition) is 9. The van der Waals surface area contributed by atoms with Gasteiger partial charge in [0.15, 0.2) is 0 Å². The van der Waals surface area contributed by atoms with Crippen molar-refractivity contribution < 1.29 is 31.5 Å². The summed E-state index contributed by atoms with van der Waals surface area (Å²) in [5.41, 5.74) is 5.52. The molecule has 0 aliphatic heterocycles. The molecule has 0 aliphatic rings. The van der Waals surface area contributed by atoms with Crippen LogP contribution < -0.4 is 11.1 Å². The number of thiophene rings is 1. The van der Waals surface area contributed by atoms with Gasteiger partial charge < -0.3 is 20.7 Å². The van der Waals surface area contributed by atoms with Crippen molar-refractivity contribution >= 4 is 66.5 Å². The zero-order chi connectivity index (χ0) is 27.1.